The highest BCUT2D eigenvalue weighted by atomic mass is 16.6. The smallest absolute Gasteiger partial charge is 0.235 e. The van der Waals surface area contributed by atoms with Crippen LogP contribution < -0.4 is 15.9 Å². The van der Waals surface area contributed by atoms with Crippen molar-refractivity contribution in [3.05, 3.63) is 23.8 Å². The second-order valence-electron chi connectivity index (χ2n) is 3.53. The lowest BCUT2D eigenvalue weighted by molar-refractivity contribution is 0.310. The molecule has 0 atom stereocenters. The Morgan fingerprint density at radius 1 is 1.53 bits per heavy atom. The molecule has 0 aliphatic rings. The van der Waals surface area contributed by atoms with Gasteiger partial charge in [0, 0.05) is 0 Å². The van der Waals surface area contributed by atoms with Crippen molar-refractivity contribution in [1.29, 1.82) is 0 Å². The topological polar surface area (TPSA) is 119 Å². The van der Waals surface area contributed by atoms with Crippen LogP contribution in [-0.4, -0.2) is 28.2 Å². The van der Waals surface area contributed by atoms with Crippen LogP contribution in [0.1, 0.15) is 12.5 Å². The molecular formula is C11H13N5O3. The number of nitrogens with one attached hydrogen (secondary N) is 1. The van der Waals surface area contributed by atoms with Crippen molar-refractivity contribution in [3.8, 4) is 11.5 Å². The van der Waals surface area contributed by atoms with E-state index in [2.05, 4.69) is 25.5 Å². The second-order valence-corrected chi connectivity index (χ2v) is 3.53. The number of nitrogen functional groups attached to an aromatic ring is 1. The fraction of sp³-hybridized carbons (Fsp3) is 0.182. The first-order valence-electron chi connectivity index (χ1n) is 5.53. The lowest BCUT2D eigenvalue weighted by Crippen LogP contribution is -1.96. The Hall–Kier alpha value is -2.77. The second kappa shape index (κ2) is 5.71. The summed E-state index contributed by atoms with van der Waals surface area (Å²) in [7, 11) is 0. The number of anilines is 2. The van der Waals surface area contributed by atoms with E-state index in [-0.39, 0.29) is 17.4 Å². The van der Waals surface area contributed by atoms with Gasteiger partial charge >= 0.3 is 0 Å². The number of aromatic hydroxyl groups is 1. The molecule has 0 unspecified atom stereocenters. The van der Waals surface area contributed by atoms with Crippen LogP contribution in [0.2, 0.25) is 0 Å². The third kappa shape index (κ3) is 3.12. The van der Waals surface area contributed by atoms with Gasteiger partial charge in [-0.1, -0.05) is 0 Å². The standard InChI is InChI=1S/C11H13N5O3/c1-2-18-9-5-7(3-4-8(9)17)6-13-14-11-10(12)15-19-16-11/h3-6,17H,2H2,1H3,(H2,12,15)(H,14,16)/b13-6+. The van der Waals surface area contributed by atoms with E-state index in [1.165, 1.54) is 12.3 Å². The third-order valence-electron chi connectivity index (χ3n) is 2.18. The van der Waals surface area contributed by atoms with Gasteiger partial charge in [-0.15, -0.1) is 0 Å². The van der Waals surface area contributed by atoms with Crippen molar-refractivity contribution >= 4 is 17.9 Å². The summed E-state index contributed by atoms with van der Waals surface area (Å²) in [6.45, 7) is 2.30. The van der Waals surface area contributed by atoms with Crippen molar-refractivity contribution < 1.29 is 14.5 Å². The van der Waals surface area contributed by atoms with Gasteiger partial charge in [-0.05, 0) is 41.0 Å². The molecule has 19 heavy (non-hydrogen) atoms. The Labute approximate surface area is 108 Å². The van der Waals surface area contributed by atoms with Gasteiger partial charge in [-0.2, -0.15) is 5.10 Å². The summed E-state index contributed by atoms with van der Waals surface area (Å²) in [6, 6.07) is 4.88. The summed E-state index contributed by atoms with van der Waals surface area (Å²) >= 11 is 0. The number of nitrogens with two attached hydrogens (primary N) is 1. The molecule has 2 rings (SSSR count). The number of hydrazone groups is 1. The van der Waals surface area contributed by atoms with Crippen molar-refractivity contribution in [3.63, 3.8) is 0 Å². The SMILES string of the molecule is CCOc1cc(/C=N/Nc2nonc2N)ccc1O. The van der Waals surface area contributed by atoms with E-state index in [1.807, 2.05) is 6.92 Å². The minimum atomic E-state index is 0.0805. The number of nitrogens with zero attached hydrogens (tertiary/aromatic N) is 3. The number of phenols is 1. The van der Waals surface area contributed by atoms with Crippen molar-refractivity contribution in [2.45, 2.75) is 6.92 Å². The lowest BCUT2D eigenvalue weighted by Gasteiger charge is -2.05. The number of phenolic OH excluding ortho intramolecular Hbond substituents is 1. The predicted octanol–water partition coefficient (Wildman–Crippen LogP) is 1.20. The van der Waals surface area contributed by atoms with Gasteiger partial charge in [0.2, 0.25) is 11.6 Å². The highest BCUT2D eigenvalue weighted by Gasteiger charge is 2.04. The molecule has 1 aromatic carbocycles. The average molecular weight is 263 g/mol. The lowest BCUT2D eigenvalue weighted by atomic mass is 10.2. The number of hydrogen-bond acceptors (Lipinski definition) is 8. The van der Waals surface area contributed by atoms with Crippen molar-refractivity contribution in [1.82, 2.24) is 10.3 Å². The van der Waals surface area contributed by atoms with Crippen LogP contribution in [0.3, 0.4) is 0 Å². The molecule has 2 aromatic rings. The van der Waals surface area contributed by atoms with Gasteiger partial charge < -0.3 is 15.6 Å². The Balaban J connectivity index is 2.06. The molecule has 0 aliphatic heterocycles. The summed E-state index contributed by atoms with van der Waals surface area (Å²) in [5.41, 5.74) is 8.77. The maximum Gasteiger partial charge on any atom is 0.235 e. The molecule has 8 heteroatoms. The van der Waals surface area contributed by atoms with E-state index in [0.29, 0.717) is 12.4 Å². The van der Waals surface area contributed by atoms with Crippen molar-refractivity contribution in [2.75, 3.05) is 17.8 Å². The maximum absolute atomic E-state index is 9.55. The van der Waals surface area contributed by atoms with E-state index in [4.69, 9.17) is 10.5 Å². The van der Waals surface area contributed by atoms with E-state index >= 15 is 0 Å². The van der Waals surface area contributed by atoms with Crippen LogP contribution in [0.15, 0.2) is 27.9 Å². The van der Waals surface area contributed by atoms with Crippen LogP contribution in [0, 0.1) is 0 Å². The van der Waals surface area contributed by atoms with Crippen LogP contribution in [0.4, 0.5) is 11.6 Å². The quantitative estimate of drug-likeness (QED) is 0.547. The number of benzene rings is 1. The monoisotopic (exact) mass is 263 g/mol. The zero-order valence-corrected chi connectivity index (χ0v) is 10.2. The van der Waals surface area contributed by atoms with Crippen LogP contribution in [-0.2, 0) is 0 Å². The fourth-order valence-corrected chi connectivity index (χ4v) is 1.32. The van der Waals surface area contributed by atoms with Crippen LogP contribution >= 0.6 is 0 Å². The number of ether oxygens (including phenoxy) is 1. The summed E-state index contributed by atoms with van der Waals surface area (Å²) < 4.78 is 9.66. The molecule has 0 amide bonds. The van der Waals surface area contributed by atoms with Gasteiger partial charge in [0.15, 0.2) is 11.5 Å². The number of rotatable bonds is 5. The average Bonchev–Trinajstić information content (AvgIpc) is 2.79. The highest BCUT2D eigenvalue weighted by Crippen LogP contribution is 2.26. The van der Waals surface area contributed by atoms with E-state index in [1.54, 1.807) is 12.1 Å². The van der Waals surface area contributed by atoms with E-state index < -0.39 is 0 Å². The molecule has 0 saturated carbocycles. The number of aromatic nitrogens is 2. The summed E-state index contributed by atoms with van der Waals surface area (Å²) in [5, 5.41) is 20.4. The predicted molar refractivity (Wildman–Crippen MR) is 69.2 cm³/mol. The third-order valence-corrected chi connectivity index (χ3v) is 2.18. The Morgan fingerprint density at radius 2 is 2.37 bits per heavy atom. The maximum atomic E-state index is 9.55. The first-order valence-corrected chi connectivity index (χ1v) is 5.53. The molecule has 0 aliphatic carbocycles. The molecule has 0 spiro atoms. The molecule has 0 radical (unpaired) electrons. The molecule has 0 saturated heterocycles. The summed E-state index contributed by atoms with van der Waals surface area (Å²) in [4.78, 5) is 0. The molecule has 0 bridgehead atoms. The molecular weight excluding hydrogens is 250 g/mol. The molecule has 1 heterocycles. The molecule has 4 N–H and O–H groups in total. The first kappa shape index (κ1) is 12.7. The van der Waals surface area contributed by atoms with Crippen LogP contribution in [0.25, 0.3) is 0 Å². The van der Waals surface area contributed by atoms with Gasteiger partial charge in [-0.25, -0.2) is 4.63 Å². The fourth-order valence-electron chi connectivity index (χ4n) is 1.32. The first-order chi connectivity index (χ1) is 9.20. The largest absolute Gasteiger partial charge is 0.504 e. The highest BCUT2D eigenvalue weighted by molar-refractivity contribution is 5.81. The van der Waals surface area contributed by atoms with Crippen LogP contribution in [0.5, 0.6) is 11.5 Å². The zero-order chi connectivity index (χ0) is 13.7. The minimum absolute atomic E-state index is 0.0805. The summed E-state index contributed by atoms with van der Waals surface area (Å²) in [6.07, 6.45) is 1.52. The van der Waals surface area contributed by atoms with Gasteiger partial charge in [0.05, 0.1) is 12.8 Å². The Bertz CT molecular complexity index is 581. The Morgan fingerprint density at radius 3 is 3.05 bits per heavy atom. The zero-order valence-electron chi connectivity index (χ0n) is 10.2. The normalized spacial score (nSPS) is 10.8. The van der Waals surface area contributed by atoms with Gasteiger partial charge in [0.25, 0.3) is 0 Å². The van der Waals surface area contributed by atoms with Gasteiger partial charge in [0.1, 0.15) is 0 Å². The van der Waals surface area contributed by atoms with Crippen molar-refractivity contribution in [2.24, 2.45) is 5.10 Å². The molecule has 8 nitrogen and oxygen atoms in total. The number of hydrogen-bond donors (Lipinski definition) is 3. The van der Waals surface area contributed by atoms with Gasteiger partial charge in [-0.3, -0.25) is 5.43 Å². The molecule has 1 aromatic heterocycles. The Kier molecular flexibility index (Phi) is 3.81. The molecule has 100 valence electrons. The minimum Gasteiger partial charge on any atom is -0.504 e. The van der Waals surface area contributed by atoms with E-state index in [0.717, 1.165) is 5.56 Å². The summed E-state index contributed by atoms with van der Waals surface area (Å²) in [5.74, 6) is 0.837. The van der Waals surface area contributed by atoms with E-state index in [9.17, 15) is 5.11 Å². The molecule has 0 fully saturated rings.